The molecule has 0 saturated carbocycles. The highest BCUT2D eigenvalue weighted by Gasteiger charge is 2.16. The number of carbonyl (C=O) groups excluding carboxylic acids is 2. The molecule has 0 spiro atoms. The summed E-state index contributed by atoms with van der Waals surface area (Å²) in [6.07, 6.45) is -0.0596. The van der Waals surface area contributed by atoms with Crippen LogP contribution in [0.4, 0.5) is 0 Å². The molecule has 0 N–H and O–H groups in total. The molecular weight excluding hydrogens is 340 g/mol. The molecule has 18 heavy (non-hydrogen) atoms. The minimum Gasteiger partial charge on any atom is -0.466 e. The number of ketones is 1. The number of esters is 1. The fourth-order valence-electron chi connectivity index (χ4n) is 0.981. The number of hydrogen-bond donors (Lipinski definition) is 0. The summed E-state index contributed by atoms with van der Waals surface area (Å²) < 4.78 is 5.63. The third kappa shape index (κ3) is 4.92. The second-order valence-corrected chi connectivity index (χ2v) is 5.44. The Labute approximate surface area is 124 Å². The summed E-state index contributed by atoms with van der Waals surface area (Å²) in [6.45, 7) is 7.48. The molecule has 0 radical (unpaired) electrons. The van der Waals surface area contributed by atoms with Crippen molar-refractivity contribution in [1.29, 1.82) is 0 Å². The van der Waals surface area contributed by atoms with E-state index in [0.29, 0.717) is 13.7 Å². The molecule has 0 aliphatic heterocycles. The Bertz CT molecular complexity index is 435. The Balaban J connectivity index is 0.00000137. The Morgan fingerprint density at radius 3 is 2.44 bits per heavy atom. The van der Waals surface area contributed by atoms with E-state index in [-0.39, 0.29) is 17.8 Å². The highest BCUT2D eigenvalue weighted by molar-refractivity contribution is 9.10. The third-order valence-electron chi connectivity index (χ3n) is 1.77. The topological polar surface area (TPSA) is 43.4 Å². The Morgan fingerprint density at radius 1 is 1.50 bits per heavy atom. The number of halogens is 2. The average Bonchev–Trinajstić information content (AvgIpc) is 2.71. The average molecular weight is 354 g/mol. The molecule has 1 rings (SSSR count). The number of thiophene rings is 1. The lowest BCUT2D eigenvalue weighted by atomic mass is 10.1. The predicted molar refractivity (Wildman–Crippen MR) is 78.5 cm³/mol. The number of rotatable bonds is 4. The van der Waals surface area contributed by atoms with Crippen LogP contribution in [-0.2, 0) is 9.53 Å². The molecule has 1 heterocycles. The van der Waals surface area contributed by atoms with Crippen LogP contribution in [0.1, 0.15) is 29.9 Å². The first-order valence-corrected chi connectivity index (χ1v) is 7.18. The van der Waals surface area contributed by atoms with E-state index < -0.39 is 5.97 Å². The van der Waals surface area contributed by atoms with Crippen molar-refractivity contribution in [2.24, 2.45) is 0 Å². The zero-order chi connectivity index (χ0) is 14.3. The van der Waals surface area contributed by atoms with Gasteiger partial charge in [0.1, 0.15) is 4.34 Å². The van der Waals surface area contributed by atoms with Crippen molar-refractivity contribution in [3.8, 4) is 0 Å². The fraction of sp³-hybridized carbons (Fsp3) is 0.333. The SMILES string of the molecule is C=C(CC(=O)c1cc(Br)c(Cl)s1)C(=O)OC.CC. The number of Topliss-reactive ketones (excluding diaryl/α,β-unsaturated/α-hetero) is 1. The van der Waals surface area contributed by atoms with Gasteiger partial charge in [0.15, 0.2) is 5.78 Å². The van der Waals surface area contributed by atoms with Gasteiger partial charge < -0.3 is 4.74 Å². The van der Waals surface area contributed by atoms with Gasteiger partial charge in [-0.3, -0.25) is 4.79 Å². The van der Waals surface area contributed by atoms with Gasteiger partial charge in [-0.1, -0.05) is 32.0 Å². The zero-order valence-corrected chi connectivity index (χ0v) is 13.5. The lowest BCUT2D eigenvalue weighted by molar-refractivity contribution is -0.136. The summed E-state index contributed by atoms with van der Waals surface area (Å²) in [7, 11) is 1.25. The van der Waals surface area contributed by atoms with E-state index in [1.165, 1.54) is 7.11 Å². The van der Waals surface area contributed by atoms with Gasteiger partial charge in [-0.15, -0.1) is 11.3 Å². The Morgan fingerprint density at radius 2 is 2.06 bits per heavy atom. The van der Waals surface area contributed by atoms with Crippen molar-refractivity contribution >= 4 is 50.6 Å². The summed E-state index contributed by atoms with van der Waals surface area (Å²) in [4.78, 5) is 23.2. The van der Waals surface area contributed by atoms with Crippen LogP contribution in [0.5, 0.6) is 0 Å². The van der Waals surface area contributed by atoms with Crippen molar-refractivity contribution < 1.29 is 14.3 Å². The highest BCUT2D eigenvalue weighted by Crippen LogP contribution is 2.32. The molecule has 0 unspecified atom stereocenters. The van der Waals surface area contributed by atoms with Crippen molar-refractivity contribution in [3.63, 3.8) is 0 Å². The van der Waals surface area contributed by atoms with Crippen LogP contribution < -0.4 is 0 Å². The number of hydrogen-bond acceptors (Lipinski definition) is 4. The molecule has 0 aliphatic carbocycles. The summed E-state index contributed by atoms with van der Waals surface area (Å²) in [5.41, 5.74) is 0.133. The van der Waals surface area contributed by atoms with E-state index in [9.17, 15) is 9.59 Å². The van der Waals surface area contributed by atoms with Crippen LogP contribution in [0, 0.1) is 0 Å². The van der Waals surface area contributed by atoms with Gasteiger partial charge in [0, 0.05) is 16.5 Å². The quantitative estimate of drug-likeness (QED) is 0.455. The van der Waals surface area contributed by atoms with Gasteiger partial charge >= 0.3 is 5.97 Å². The molecule has 0 fully saturated rings. The molecule has 3 nitrogen and oxygen atoms in total. The van der Waals surface area contributed by atoms with Crippen LogP contribution in [0.15, 0.2) is 22.7 Å². The largest absolute Gasteiger partial charge is 0.466 e. The molecule has 0 amide bonds. The van der Waals surface area contributed by atoms with Crippen LogP contribution in [0.25, 0.3) is 0 Å². The van der Waals surface area contributed by atoms with Gasteiger partial charge in [0.05, 0.1) is 12.0 Å². The van der Waals surface area contributed by atoms with E-state index in [0.717, 1.165) is 11.3 Å². The predicted octanol–water partition coefficient (Wildman–Crippen LogP) is 4.49. The van der Waals surface area contributed by atoms with Gasteiger partial charge in [-0.05, 0) is 22.0 Å². The minimum atomic E-state index is -0.574. The number of carbonyl (C=O) groups is 2. The molecule has 0 aromatic carbocycles. The molecule has 100 valence electrons. The van der Waals surface area contributed by atoms with Crippen LogP contribution in [0.2, 0.25) is 4.34 Å². The summed E-state index contributed by atoms with van der Waals surface area (Å²) in [5, 5.41) is 0. The molecule has 0 atom stereocenters. The molecule has 0 saturated heterocycles. The van der Waals surface area contributed by atoms with Crippen LogP contribution in [0.3, 0.4) is 0 Å². The Hall–Kier alpha value is -0.650. The van der Waals surface area contributed by atoms with E-state index in [1.54, 1.807) is 6.07 Å². The zero-order valence-electron chi connectivity index (χ0n) is 10.4. The maximum Gasteiger partial charge on any atom is 0.333 e. The van der Waals surface area contributed by atoms with Gasteiger partial charge in [-0.2, -0.15) is 0 Å². The lowest BCUT2D eigenvalue weighted by Crippen LogP contribution is -2.08. The summed E-state index contributed by atoms with van der Waals surface area (Å²) in [6, 6.07) is 1.62. The maximum absolute atomic E-state index is 11.7. The van der Waals surface area contributed by atoms with Crippen molar-refractivity contribution in [2.75, 3.05) is 7.11 Å². The molecule has 0 bridgehead atoms. The minimum absolute atomic E-state index is 0.0596. The number of ether oxygens (including phenoxy) is 1. The van der Waals surface area contributed by atoms with Crippen LogP contribution in [-0.4, -0.2) is 18.9 Å². The Kier molecular flexibility index (Phi) is 8.15. The molecule has 0 aliphatic rings. The van der Waals surface area contributed by atoms with Gasteiger partial charge in [-0.25, -0.2) is 4.79 Å². The monoisotopic (exact) mass is 352 g/mol. The van der Waals surface area contributed by atoms with Crippen molar-refractivity contribution in [3.05, 3.63) is 31.9 Å². The normalized spacial score (nSPS) is 9.17. The van der Waals surface area contributed by atoms with E-state index >= 15 is 0 Å². The fourth-order valence-corrected chi connectivity index (χ4v) is 2.62. The first-order chi connectivity index (χ1) is 8.45. The standard InChI is InChI=1S/C10H8BrClO3S.C2H6/c1-5(10(14)15-2)3-7(13)8-4-6(11)9(12)16-8;1-2/h4H,1,3H2,2H3;1-2H3. The maximum atomic E-state index is 11.7. The van der Waals surface area contributed by atoms with Crippen molar-refractivity contribution in [2.45, 2.75) is 20.3 Å². The van der Waals surface area contributed by atoms with Crippen LogP contribution >= 0.6 is 38.9 Å². The van der Waals surface area contributed by atoms with E-state index in [2.05, 4.69) is 27.2 Å². The highest BCUT2D eigenvalue weighted by atomic mass is 79.9. The number of methoxy groups -OCH3 is 1. The van der Waals surface area contributed by atoms with Gasteiger partial charge in [0.25, 0.3) is 0 Å². The summed E-state index contributed by atoms with van der Waals surface area (Å²) >= 11 is 10.2. The van der Waals surface area contributed by atoms with E-state index in [1.807, 2.05) is 13.8 Å². The van der Waals surface area contributed by atoms with Crippen molar-refractivity contribution in [1.82, 2.24) is 0 Å². The third-order valence-corrected chi connectivity index (χ3v) is 4.28. The smallest absolute Gasteiger partial charge is 0.333 e. The van der Waals surface area contributed by atoms with E-state index in [4.69, 9.17) is 11.6 Å². The summed E-state index contributed by atoms with van der Waals surface area (Å²) in [5.74, 6) is -0.775. The van der Waals surface area contributed by atoms with Gasteiger partial charge in [0.2, 0.25) is 0 Å². The molecular formula is C12H14BrClO3S. The second-order valence-electron chi connectivity index (χ2n) is 2.93. The molecule has 6 heteroatoms. The first kappa shape index (κ1) is 17.4. The molecule has 1 aromatic heterocycles. The first-order valence-electron chi connectivity index (χ1n) is 5.19. The molecule has 1 aromatic rings. The lowest BCUT2D eigenvalue weighted by Gasteiger charge is -2.00. The second kappa shape index (κ2) is 8.45.